The summed E-state index contributed by atoms with van der Waals surface area (Å²) in [5.41, 5.74) is 0.176. The second-order valence-electron chi connectivity index (χ2n) is 3.62. The van der Waals surface area contributed by atoms with Crippen LogP contribution in [0.2, 0.25) is 0 Å². The molecule has 0 saturated carbocycles. The first-order valence-electron chi connectivity index (χ1n) is 4.85. The zero-order valence-corrected chi connectivity index (χ0v) is 8.62. The Balaban J connectivity index is 2.79. The number of aliphatic hydroxyl groups is 1. The van der Waals surface area contributed by atoms with Crippen molar-refractivity contribution in [2.75, 3.05) is 0 Å². The van der Waals surface area contributed by atoms with Gasteiger partial charge < -0.3 is 5.11 Å². The van der Waals surface area contributed by atoms with E-state index in [4.69, 9.17) is 0 Å². The highest BCUT2D eigenvalue weighted by molar-refractivity contribution is 5.13. The van der Waals surface area contributed by atoms with E-state index in [1.165, 1.54) is 0 Å². The topological polar surface area (TPSA) is 38.0 Å². The van der Waals surface area contributed by atoms with E-state index in [1.54, 1.807) is 6.20 Å². The molecule has 0 saturated heterocycles. The molecule has 0 aliphatic heterocycles. The zero-order valence-electron chi connectivity index (χ0n) is 8.62. The molecule has 0 aliphatic rings. The maximum atomic E-state index is 9.92. The Morgan fingerprint density at radius 2 is 2.23 bits per heavy atom. The molecule has 1 aromatic heterocycles. The number of nitrogens with zero attached hydrogens (tertiary/aromatic N) is 2. The maximum Gasteiger partial charge on any atom is 0.0896 e. The average Bonchev–Trinajstić information content (AvgIpc) is 2.54. The lowest BCUT2D eigenvalue weighted by Gasteiger charge is -2.18. The van der Waals surface area contributed by atoms with Crippen molar-refractivity contribution < 1.29 is 5.11 Å². The smallest absolute Gasteiger partial charge is 0.0896 e. The summed E-state index contributed by atoms with van der Waals surface area (Å²) in [5, 5.41) is 14.1. The van der Waals surface area contributed by atoms with Gasteiger partial charge in [-0.1, -0.05) is 13.8 Å². The first kappa shape index (κ1) is 10.3. The van der Waals surface area contributed by atoms with Crippen LogP contribution in [0.15, 0.2) is 12.4 Å². The van der Waals surface area contributed by atoms with E-state index >= 15 is 0 Å². The first-order chi connectivity index (χ1) is 6.10. The summed E-state index contributed by atoms with van der Waals surface area (Å²) in [4.78, 5) is 0. The normalized spacial score (nSPS) is 15.7. The Labute approximate surface area is 79.4 Å². The fraction of sp³-hybridized carbons (Fsp3) is 0.700. The van der Waals surface area contributed by atoms with Crippen molar-refractivity contribution in [1.82, 2.24) is 9.78 Å². The molecule has 1 rings (SSSR count). The third kappa shape index (κ3) is 2.31. The van der Waals surface area contributed by atoms with Crippen molar-refractivity contribution >= 4 is 0 Å². The Bertz CT molecular complexity index is 266. The van der Waals surface area contributed by atoms with Gasteiger partial charge in [-0.2, -0.15) is 5.10 Å². The fourth-order valence-corrected chi connectivity index (χ4v) is 1.20. The molecule has 0 amide bonds. The molecular weight excluding hydrogens is 164 g/mol. The van der Waals surface area contributed by atoms with Crippen LogP contribution in [0, 0.1) is 0 Å². The SMILES string of the molecule is CCCn1cc(C(C)(O)CC)cn1. The molecule has 0 bridgehead atoms. The van der Waals surface area contributed by atoms with Crippen LogP contribution in [-0.4, -0.2) is 14.9 Å². The van der Waals surface area contributed by atoms with Gasteiger partial charge in [0.05, 0.1) is 11.8 Å². The quantitative estimate of drug-likeness (QED) is 0.772. The van der Waals surface area contributed by atoms with Gasteiger partial charge in [0.25, 0.3) is 0 Å². The van der Waals surface area contributed by atoms with Crippen LogP contribution in [0.5, 0.6) is 0 Å². The summed E-state index contributed by atoms with van der Waals surface area (Å²) in [6, 6.07) is 0. The van der Waals surface area contributed by atoms with Crippen LogP contribution in [0.1, 0.15) is 39.2 Å². The summed E-state index contributed by atoms with van der Waals surface area (Å²) in [5.74, 6) is 0. The predicted octanol–water partition coefficient (Wildman–Crippen LogP) is 1.91. The second-order valence-corrected chi connectivity index (χ2v) is 3.62. The predicted molar refractivity (Wildman–Crippen MR) is 52.4 cm³/mol. The lowest BCUT2D eigenvalue weighted by Crippen LogP contribution is -2.18. The summed E-state index contributed by atoms with van der Waals surface area (Å²) < 4.78 is 1.87. The lowest BCUT2D eigenvalue weighted by molar-refractivity contribution is 0.0530. The van der Waals surface area contributed by atoms with Gasteiger partial charge in [0.1, 0.15) is 0 Å². The van der Waals surface area contributed by atoms with Crippen LogP contribution in [0.3, 0.4) is 0 Å². The molecule has 0 spiro atoms. The van der Waals surface area contributed by atoms with Crippen molar-refractivity contribution in [2.24, 2.45) is 0 Å². The molecule has 0 fully saturated rings. The number of rotatable bonds is 4. The minimum absolute atomic E-state index is 0.713. The van der Waals surface area contributed by atoms with Gasteiger partial charge in [0, 0.05) is 18.3 Å². The van der Waals surface area contributed by atoms with Crippen molar-refractivity contribution in [3.8, 4) is 0 Å². The Morgan fingerprint density at radius 3 is 2.77 bits per heavy atom. The minimum atomic E-state index is -0.730. The summed E-state index contributed by atoms with van der Waals surface area (Å²) in [6.07, 6.45) is 5.45. The number of aromatic nitrogens is 2. The lowest BCUT2D eigenvalue weighted by atomic mass is 9.97. The van der Waals surface area contributed by atoms with Gasteiger partial charge in [-0.15, -0.1) is 0 Å². The summed E-state index contributed by atoms with van der Waals surface area (Å²) >= 11 is 0. The molecule has 1 aromatic rings. The Morgan fingerprint density at radius 1 is 1.54 bits per heavy atom. The molecule has 0 radical (unpaired) electrons. The van der Waals surface area contributed by atoms with E-state index in [1.807, 2.05) is 24.7 Å². The highest BCUT2D eigenvalue weighted by Crippen LogP contribution is 2.22. The van der Waals surface area contributed by atoms with E-state index < -0.39 is 5.60 Å². The maximum absolute atomic E-state index is 9.92. The van der Waals surface area contributed by atoms with Gasteiger partial charge in [-0.05, 0) is 19.8 Å². The largest absolute Gasteiger partial charge is 0.385 e. The van der Waals surface area contributed by atoms with E-state index in [-0.39, 0.29) is 0 Å². The first-order valence-corrected chi connectivity index (χ1v) is 4.85. The number of hydrogen-bond acceptors (Lipinski definition) is 2. The molecule has 1 unspecified atom stereocenters. The molecule has 74 valence electrons. The van der Waals surface area contributed by atoms with Gasteiger partial charge >= 0.3 is 0 Å². The highest BCUT2D eigenvalue weighted by atomic mass is 16.3. The van der Waals surface area contributed by atoms with Gasteiger partial charge in [0.2, 0.25) is 0 Å². The highest BCUT2D eigenvalue weighted by Gasteiger charge is 2.21. The van der Waals surface area contributed by atoms with E-state index in [9.17, 15) is 5.11 Å². The van der Waals surface area contributed by atoms with Crippen LogP contribution >= 0.6 is 0 Å². The van der Waals surface area contributed by atoms with Gasteiger partial charge in [0.15, 0.2) is 0 Å². The minimum Gasteiger partial charge on any atom is -0.385 e. The standard InChI is InChI=1S/C10H18N2O/c1-4-6-12-8-9(7-11-12)10(3,13)5-2/h7-8,13H,4-6H2,1-3H3. The van der Waals surface area contributed by atoms with E-state index in [0.29, 0.717) is 6.42 Å². The summed E-state index contributed by atoms with van der Waals surface area (Å²) in [6.45, 7) is 6.82. The number of aryl methyl sites for hydroxylation is 1. The van der Waals surface area contributed by atoms with Crippen molar-refractivity contribution in [2.45, 2.75) is 45.8 Å². The second kappa shape index (κ2) is 3.92. The fourth-order valence-electron chi connectivity index (χ4n) is 1.20. The molecule has 13 heavy (non-hydrogen) atoms. The van der Waals surface area contributed by atoms with Crippen LogP contribution in [0.25, 0.3) is 0 Å². The van der Waals surface area contributed by atoms with Crippen LogP contribution < -0.4 is 0 Å². The average molecular weight is 182 g/mol. The Kier molecular flexibility index (Phi) is 3.09. The molecule has 0 aliphatic carbocycles. The molecule has 1 N–H and O–H groups in total. The molecule has 0 aromatic carbocycles. The molecule has 1 heterocycles. The van der Waals surface area contributed by atoms with Gasteiger partial charge in [-0.25, -0.2) is 0 Å². The van der Waals surface area contributed by atoms with E-state index in [2.05, 4.69) is 12.0 Å². The Hall–Kier alpha value is -0.830. The monoisotopic (exact) mass is 182 g/mol. The van der Waals surface area contributed by atoms with Crippen LogP contribution in [-0.2, 0) is 12.1 Å². The van der Waals surface area contributed by atoms with Crippen molar-refractivity contribution in [3.63, 3.8) is 0 Å². The number of hydrogen-bond donors (Lipinski definition) is 1. The van der Waals surface area contributed by atoms with E-state index in [0.717, 1.165) is 18.5 Å². The third-order valence-corrected chi connectivity index (χ3v) is 2.40. The summed E-state index contributed by atoms with van der Waals surface area (Å²) in [7, 11) is 0. The molecular formula is C10H18N2O. The van der Waals surface area contributed by atoms with Crippen molar-refractivity contribution in [1.29, 1.82) is 0 Å². The molecule has 3 nitrogen and oxygen atoms in total. The third-order valence-electron chi connectivity index (χ3n) is 2.40. The molecule has 1 atom stereocenters. The van der Waals surface area contributed by atoms with Gasteiger partial charge in [-0.3, -0.25) is 4.68 Å². The van der Waals surface area contributed by atoms with Crippen molar-refractivity contribution in [3.05, 3.63) is 18.0 Å². The van der Waals surface area contributed by atoms with Crippen LogP contribution in [0.4, 0.5) is 0 Å². The molecule has 3 heteroatoms. The zero-order chi connectivity index (χ0) is 9.90.